The van der Waals surface area contributed by atoms with Gasteiger partial charge in [-0.15, -0.1) is 24.0 Å². The molecule has 7 nitrogen and oxygen atoms in total. The highest BCUT2D eigenvalue weighted by atomic mass is 127. The van der Waals surface area contributed by atoms with Gasteiger partial charge in [0.25, 0.3) is 0 Å². The van der Waals surface area contributed by atoms with Crippen molar-refractivity contribution in [2.45, 2.75) is 18.6 Å². The van der Waals surface area contributed by atoms with Gasteiger partial charge in [0.2, 0.25) is 0 Å². The van der Waals surface area contributed by atoms with Gasteiger partial charge in [-0.25, -0.2) is 8.42 Å². The molecule has 1 N–H and O–H groups in total. The van der Waals surface area contributed by atoms with Gasteiger partial charge in [-0.05, 0) is 13.8 Å². The number of halogens is 1. The van der Waals surface area contributed by atoms with Gasteiger partial charge in [0.15, 0.2) is 15.8 Å². The van der Waals surface area contributed by atoms with Crippen LogP contribution in [0.3, 0.4) is 0 Å². The molecule has 2 saturated heterocycles. The molecule has 0 atom stereocenters. The van der Waals surface area contributed by atoms with Crippen LogP contribution in [0.1, 0.15) is 13.8 Å². The van der Waals surface area contributed by atoms with E-state index in [1.807, 2.05) is 4.90 Å². The number of guanidine groups is 1. The summed E-state index contributed by atoms with van der Waals surface area (Å²) < 4.78 is 28.8. The minimum absolute atomic E-state index is 0. The minimum Gasteiger partial charge on any atom is -0.379 e. The molecule has 0 aromatic heterocycles. The molecule has 0 aromatic carbocycles. The van der Waals surface area contributed by atoms with Crippen LogP contribution in [0, 0.1) is 0 Å². The van der Waals surface area contributed by atoms with Crippen LogP contribution < -0.4 is 5.32 Å². The number of rotatable bonds is 3. The lowest BCUT2D eigenvalue weighted by molar-refractivity contribution is 0.0388. The van der Waals surface area contributed by atoms with Gasteiger partial charge < -0.3 is 15.0 Å². The van der Waals surface area contributed by atoms with Crippen molar-refractivity contribution >= 4 is 39.8 Å². The molecule has 0 spiro atoms. The number of ether oxygens (including phenoxy) is 1. The number of morpholine rings is 1. The Morgan fingerprint density at radius 3 is 2.48 bits per heavy atom. The summed E-state index contributed by atoms with van der Waals surface area (Å²) in [5.41, 5.74) is 0. The second-order valence-corrected chi connectivity index (χ2v) is 9.17. The number of aliphatic imine (C=N–C) groups is 1. The van der Waals surface area contributed by atoms with Crippen LogP contribution in [0.15, 0.2) is 4.99 Å². The van der Waals surface area contributed by atoms with Crippen LogP contribution in [0.2, 0.25) is 0 Å². The third-order valence-electron chi connectivity index (χ3n) is 4.37. The van der Waals surface area contributed by atoms with Gasteiger partial charge in [0.1, 0.15) is 0 Å². The van der Waals surface area contributed by atoms with Gasteiger partial charge in [-0.1, -0.05) is 0 Å². The molecule has 136 valence electrons. The van der Waals surface area contributed by atoms with E-state index in [1.54, 1.807) is 20.9 Å². The Morgan fingerprint density at radius 1 is 1.26 bits per heavy atom. The van der Waals surface area contributed by atoms with E-state index < -0.39 is 14.6 Å². The SMILES string of the molecule is CN=C(NCCN1CCOCC1)N1CCS(=O)(=O)C(C)(C)C1.I. The van der Waals surface area contributed by atoms with Crippen LogP contribution in [-0.4, -0.2) is 94.2 Å². The van der Waals surface area contributed by atoms with E-state index in [2.05, 4.69) is 15.2 Å². The predicted molar refractivity (Wildman–Crippen MR) is 103 cm³/mol. The molecule has 2 aliphatic heterocycles. The summed E-state index contributed by atoms with van der Waals surface area (Å²) >= 11 is 0. The van der Waals surface area contributed by atoms with Gasteiger partial charge >= 0.3 is 0 Å². The third kappa shape index (κ3) is 5.43. The summed E-state index contributed by atoms with van der Waals surface area (Å²) in [6, 6.07) is 0. The fourth-order valence-corrected chi connectivity index (χ4v) is 4.17. The maximum atomic E-state index is 12.1. The van der Waals surface area contributed by atoms with E-state index in [0.717, 1.165) is 45.4 Å². The average Bonchev–Trinajstić information content (AvgIpc) is 2.48. The molecule has 0 bridgehead atoms. The molecule has 0 saturated carbocycles. The van der Waals surface area contributed by atoms with E-state index in [-0.39, 0.29) is 29.7 Å². The first kappa shape index (κ1) is 20.9. The summed E-state index contributed by atoms with van der Waals surface area (Å²) in [4.78, 5) is 8.70. The lowest BCUT2D eigenvalue weighted by Crippen LogP contribution is -2.57. The minimum atomic E-state index is -3.02. The molecule has 0 amide bonds. The van der Waals surface area contributed by atoms with Gasteiger partial charge in [0, 0.05) is 46.3 Å². The summed E-state index contributed by atoms with van der Waals surface area (Å²) in [6.45, 7) is 9.83. The van der Waals surface area contributed by atoms with Crippen molar-refractivity contribution in [2.75, 3.05) is 65.3 Å². The smallest absolute Gasteiger partial charge is 0.193 e. The molecule has 2 rings (SSSR count). The van der Waals surface area contributed by atoms with E-state index in [0.29, 0.717) is 13.1 Å². The van der Waals surface area contributed by atoms with E-state index in [1.165, 1.54) is 0 Å². The predicted octanol–water partition coefficient (Wildman–Crippen LogP) is 0.0210. The number of nitrogens with one attached hydrogen (secondary N) is 1. The highest BCUT2D eigenvalue weighted by molar-refractivity contribution is 14.0. The highest BCUT2D eigenvalue weighted by Crippen LogP contribution is 2.23. The highest BCUT2D eigenvalue weighted by Gasteiger charge is 2.40. The molecular formula is C14H29IN4O3S. The lowest BCUT2D eigenvalue weighted by atomic mass is 10.2. The van der Waals surface area contributed by atoms with Crippen LogP contribution in [0.25, 0.3) is 0 Å². The summed E-state index contributed by atoms with van der Waals surface area (Å²) in [6.07, 6.45) is 0. The van der Waals surface area contributed by atoms with Crippen molar-refractivity contribution in [3.8, 4) is 0 Å². The Balaban J connectivity index is 0.00000264. The van der Waals surface area contributed by atoms with Crippen LogP contribution in [0.5, 0.6) is 0 Å². The van der Waals surface area contributed by atoms with Crippen molar-refractivity contribution in [1.29, 1.82) is 0 Å². The summed E-state index contributed by atoms with van der Waals surface area (Å²) in [7, 11) is -1.28. The molecule has 0 radical (unpaired) electrons. The van der Waals surface area contributed by atoms with Crippen molar-refractivity contribution < 1.29 is 13.2 Å². The molecule has 2 heterocycles. The molecule has 2 fully saturated rings. The fraction of sp³-hybridized carbons (Fsp3) is 0.929. The van der Waals surface area contributed by atoms with Crippen LogP contribution >= 0.6 is 24.0 Å². The molecule has 0 aliphatic carbocycles. The normalized spacial score (nSPS) is 24.8. The maximum Gasteiger partial charge on any atom is 0.193 e. The fourth-order valence-electron chi connectivity index (χ4n) is 2.81. The largest absolute Gasteiger partial charge is 0.379 e. The summed E-state index contributed by atoms with van der Waals surface area (Å²) in [5, 5.41) is 3.35. The molecule has 23 heavy (non-hydrogen) atoms. The Hall–Kier alpha value is -0.130. The first-order valence-corrected chi connectivity index (χ1v) is 9.49. The zero-order valence-corrected chi connectivity index (χ0v) is 17.4. The zero-order valence-electron chi connectivity index (χ0n) is 14.2. The Morgan fingerprint density at radius 2 is 1.91 bits per heavy atom. The topological polar surface area (TPSA) is 74.2 Å². The molecule has 0 aromatic rings. The molecule has 0 unspecified atom stereocenters. The number of hydrogen-bond donors (Lipinski definition) is 1. The number of hydrogen-bond acceptors (Lipinski definition) is 5. The van der Waals surface area contributed by atoms with Crippen LogP contribution in [-0.2, 0) is 14.6 Å². The van der Waals surface area contributed by atoms with E-state index in [9.17, 15) is 8.42 Å². The molecule has 2 aliphatic rings. The van der Waals surface area contributed by atoms with Crippen molar-refractivity contribution in [2.24, 2.45) is 4.99 Å². The molecule has 9 heteroatoms. The Labute approximate surface area is 156 Å². The Bertz CT molecular complexity index is 504. The first-order valence-electron chi connectivity index (χ1n) is 7.84. The van der Waals surface area contributed by atoms with Crippen molar-refractivity contribution in [1.82, 2.24) is 15.1 Å². The van der Waals surface area contributed by atoms with Gasteiger partial charge in [0.05, 0.1) is 23.7 Å². The quantitative estimate of drug-likeness (QED) is 0.364. The van der Waals surface area contributed by atoms with E-state index in [4.69, 9.17) is 4.74 Å². The van der Waals surface area contributed by atoms with E-state index >= 15 is 0 Å². The van der Waals surface area contributed by atoms with Gasteiger partial charge in [-0.3, -0.25) is 9.89 Å². The second-order valence-electron chi connectivity index (χ2n) is 6.43. The van der Waals surface area contributed by atoms with Crippen LogP contribution in [0.4, 0.5) is 0 Å². The summed E-state index contributed by atoms with van der Waals surface area (Å²) in [5.74, 6) is 0.973. The first-order chi connectivity index (χ1) is 10.4. The number of sulfone groups is 1. The Kier molecular flexibility index (Phi) is 8.02. The van der Waals surface area contributed by atoms with Crippen molar-refractivity contribution in [3.05, 3.63) is 0 Å². The van der Waals surface area contributed by atoms with Gasteiger partial charge in [-0.2, -0.15) is 0 Å². The zero-order chi connectivity index (χ0) is 16.2. The average molecular weight is 460 g/mol. The maximum absolute atomic E-state index is 12.1. The standard InChI is InChI=1S/C14H28N4O3S.HI/c1-14(2)12-18(8-11-22(14,19)20)13(15-3)16-4-5-17-6-9-21-10-7-17;/h4-12H2,1-3H3,(H,15,16);1H. The monoisotopic (exact) mass is 460 g/mol. The third-order valence-corrected chi connectivity index (χ3v) is 6.90. The second kappa shape index (κ2) is 8.82. The van der Waals surface area contributed by atoms with Crippen molar-refractivity contribution in [3.63, 3.8) is 0 Å². The lowest BCUT2D eigenvalue weighted by Gasteiger charge is -2.39. The number of nitrogens with zero attached hydrogens (tertiary/aromatic N) is 3. The molecular weight excluding hydrogens is 431 g/mol.